The van der Waals surface area contributed by atoms with Crippen LogP contribution in [0.25, 0.3) is 0 Å². The van der Waals surface area contributed by atoms with E-state index in [-0.39, 0.29) is 5.91 Å². The van der Waals surface area contributed by atoms with Gasteiger partial charge in [0.05, 0.1) is 12.7 Å². The molecule has 1 aromatic carbocycles. The van der Waals surface area contributed by atoms with E-state index in [9.17, 15) is 4.79 Å². The summed E-state index contributed by atoms with van der Waals surface area (Å²) in [5, 5.41) is 8.81. The number of piperidine rings is 1. The van der Waals surface area contributed by atoms with Crippen molar-refractivity contribution in [2.75, 3.05) is 20.2 Å². The number of hydrogen-bond acceptors (Lipinski definition) is 4. The van der Waals surface area contributed by atoms with Crippen LogP contribution in [0.5, 0.6) is 5.75 Å². The van der Waals surface area contributed by atoms with Gasteiger partial charge in [-0.3, -0.25) is 4.79 Å². The maximum Gasteiger partial charge on any atom is 0.257 e. The maximum atomic E-state index is 12.8. The molecule has 1 aliphatic rings. The number of carbonyl (C=O) groups excluding carboxylic acids is 1. The molecule has 1 aliphatic heterocycles. The third-order valence-electron chi connectivity index (χ3n) is 4.53. The number of halogens is 1. The van der Waals surface area contributed by atoms with Crippen molar-refractivity contribution in [1.82, 2.24) is 19.7 Å². The number of likely N-dealkylation sites (tertiary alicyclic amines) is 1. The minimum atomic E-state index is -0.0149. The Labute approximate surface area is 146 Å². The molecule has 0 atom stereocenters. The quantitative estimate of drug-likeness (QED) is 0.852. The first-order valence-electron chi connectivity index (χ1n) is 8.14. The van der Waals surface area contributed by atoms with Crippen molar-refractivity contribution < 1.29 is 9.53 Å². The lowest BCUT2D eigenvalue weighted by Crippen LogP contribution is -2.38. The van der Waals surface area contributed by atoms with Crippen molar-refractivity contribution in [3.63, 3.8) is 0 Å². The number of benzene rings is 1. The molecule has 1 aromatic heterocycles. The van der Waals surface area contributed by atoms with Crippen LogP contribution in [0.4, 0.5) is 0 Å². The number of rotatable bonds is 4. The predicted octanol–water partition coefficient (Wildman–Crippen LogP) is 2.98. The van der Waals surface area contributed by atoms with Crippen LogP contribution >= 0.6 is 11.6 Å². The fraction of sp³-hybridized carbons (Fsp3) is 0.471. The van der Waals surface area contributed by atoms with Gasteiger partial charge < -0.3 is 14.2 Å². The summed E-state index contributed by atoms with van der Waals surface area (Å²) in [7, 11) is 1.55. The molecule has 3 rings (SSSR count). The van der Waals surface area contributed by atoms with Gasteiger partial charge in [0.1, 0.15) is 17.9 Å². The highest BCUT2D eigenvalue weighted by Crippen LogP contribution is 2.29. The van der Waals surface area contributed by atoms with Gasteiger partial charge in [0, 0.05) is 30.6 Å². The smallest absolute Gasteiger partial charge is 0.257 e. The number of aromatic nitrogens is 3. The summed E-state index contributed by atoms with van der Waals surface area (Å²) in [5.41, 5.74) is 0.553. The van der Waals surface area contributed by atoms with E-state index in [0.717, 1.165) is 25.2 Å². The number of aryl methyl sites for hydroxylation is 1. The van der Waals surface area contributed by atoms with Crippen LogP contribution in [0.3, 0.4) is 0 Å². The standard InChI is InChI=1S/C17H21ClN4O2/c1-3-21-11-19-20-16(21)12-6-8-22(9-7-12)17(23)14-5-4-13(18)10-15(14)24-2/h4-5,10-12H,3,6-9H2,1-2H3. The lowest BCUT2D eigenvalue weighted by atomic mass is 9.95. The zero-order valence-corrected chi connectivity index (χ0v) is 14.7. The van der Waals surface area contributed by atoms with Gasteiger partial charge in [-0.05, 0) is 38.0 Å². The Morgan fingerprint density at radius 3 is 2.79 bits per heavy atom. The molecule has 0 aliphatic carbocycles. The van der Waals surface area contributed by atoms with Crippen molar-refractivity contribution in [2.45, 2.75) is 32.2 Å². The maximum absolute atomic E-state index is 12.8. The van der Waals surface area contributed by atoms with Crippen LogP contribution in [-0.2, 0) is 6.54 Å². The van der Waals surface area contributed by atoms with Crippen LogP contribution in [0.2, 0.25) is 5.02 Å². The van der Waals surface area contributed by atoms with E-state index in [1.807, 2.05) is 4.90 Å². The molecular weight excluding hydrogens is 328 g/mol. The summed E-state index contributed by atoms with van der Waals surface area (Å²) in [6.07, 6.45) is 3.55. The third kappa shape index (κ3) is 3.24. The van der Waals surface area contributed by atoms with Gasteiger partial charge in [-0.25, -0.2) is 0 Å². The van der Waals surface area contributed by atoms with Crippen molar-refractivity contribution >= 4 is 17.5 Å². The van der Waals surface area contributed by atoms with Crippen LogP contribution in [0.15, 0.2) is 24.5 Å². The molecule has 0 N–H and O–H groups in total. The van der Waals surface area contributed by atoms with E-state index < -0.39 is 0 Å². The molecular formula is C17H21ClN4O2. The topological polar surface area (TPSA) is 60.2 Å². The molecule has 2 heterocycles. The van der Waals surface area contributed by atoms with Gasteiger partial charge in [0.15, 0.2) is 0 Å². The first kappa shape index (κ1) is 16.8. The molecule has 24 heavy (non-hydrogen) atoms. The van der Waals surface area contributed by atoms with Gasteiger partial charge in [-0.2, -0.15) is 0 Å². The van der Waals surface area contributed by atoms with Crippen molar-refractivity contribution in [3.8, 4) is 5.75 Å². The second-order valence-electron chi connectivity index (χ2n) is 5.89. The average Bonchev–Trinajstić information content (AvgIpc) is 3.10. The molecule has 0 radical (unpaired) electrons. The van der Waals surface area contributed by atoms with E-state index in [2.05, 4.69) is 21.7 Å². The van der Waals surface area contributed by atoms with E-state index in [4.69, 9.17) is 16.3 Å². The molecule has 2 aromatic rings. The molecule has 1 saturated heterocycles. The number of methoxy groups -OCH3 is 1. The van der Waals surface area contributed by atoms with E-state index >= 15 is 0 Å². The molecule has 0 spiro atoms. The van der Waals surface area contributed by atoms with Gasteiger partial charge in [0.25, 0.3) is 5.91 Å². The summed E-state index contributed by atoms with van der Waals surface area (Å²) < 4.78 is 7.37. The molecule has 1 amide bonds. The minimum Gasteiger partial charge on any atom is -0.496 e. The van der Waals surface area contributed by atoms with E-state index in [0.29, 0.717) is 35.3 Å². The first-order chi connectivity index (χ1) is 11.6. The monoisotopic (exact) mass is 348 g/mol. The number of ether oxygens (including phenoxy) is 1. The summed E-state index contributed by atoms with van der Waals surface area (Å²) in [6, 6.07) is 5.11. The van der Waals surface area contributed by atoms with Crippen LogP contribution in [0.1, 0.15) is 41.9 Å². The Balaban J connectivity index is 1.69. The van der Waals surface area contributed by atoms with Crippen LogP contribution in [0, 0.1) is 0 Å². The second-order valence-corrected chi connectivity index (χ2v) is 6.32. The Morgan fingerprint density at radius 2 is 2.12 bits per heavy atom. The Hall–Kier alpha value is -2.08. The van der Waals surface area contributed by atoms with E-state index in [1.165, 1.54) is 0 Å². The highest BCUT2D eigenvalue weighted by Gasteiger charge is 2.28. The Bertz CT molecular complexity index is 723. The largest absolute Gasteiger partial charge is 0.496 e. The zero-order chi connectivity index (χ0) is 17.1. The Kier molecular flexibility index (Phi) is 5.04. The predicted molar refractivity (Wildman–Crippen MR) is 91.6 cm³/mol. The minimum absolute atomic E-state index is 0.0149. The van der Waals surface area contributed by atoms with Crippen molar-refractivity contribution in [3.05, 3.63) is 40.9 Å². The van der Waals surface area contributed by atoms with Gasteiger partial charge >= 0.3 is 0 Å². The van der Waals surface area contributed by atoms with Gasteiger partial charge in [-0.15, -0.1) is 10.2 Å². The van der Waals surface area contributed by atoms with Crippen LogP contribution < -0.4 is 4.74 Å². The number of carbonyl (C=O) groups is 1. The summed E-state index contributed by atoms with van der Waals surface area (Å²) in [5.74, 6) is 1.87. The third-order valence-corrected chi connectivity index (χ3v) is 4.76. The normalized spacial score (nSPS) is 15.5. The van der Waals surface area contributed by atoms with Crippen molar-refractivity contribution in [2.24, 2.45) is 0 Å². The first-order valence-corrected chi connectivity index (χ1v) is 8.52. The lowest BCUT2D eigenvalue weighted by molar-refractivity contribution is 0.0707. The summed E-state index contributed by atoms with van der Waals surface area (Å²) >= 11 is 5.97. The number of amides is 1. The second kappa shape index (κ2) is 7.21. The van der Waals surface area contributed by atoms with Gasteiger partial charge in [-0.1, -0.05) is 11.6 Å². The zero-order valence-electron chi connectivity index (χ0n) is 13.9. The average molecular weight is 349 g/mol. The molecule has 6 nitrogen and oxygen atoms in total. The number of nitrogens with zero attached hydrogens (tertiary/aromatic N) is 4. The molecule has 0 bridgehead atoms. The number of hydrogen-bond donors (Lipinski definition) is 0. The SMILES string of the molecule is CCn1cnnc1C1CCN(C(=O)c2ccc(Cl)cc2OC)CC1. The Morgan fingerprint density at radius 1 is 1.38 bits per heavy atom. The molecule has 0 unspecified atom stereocenters. The highest BCUT2D eigenvalue weighted by atomic mass is 35.5. The molecule has 1 fully saturated rings. The highest BCUT2D eigenvalue weighted by molar-refractivity contribution is 6.30. The van der Waals surface area contributed by atoms with Crippen molar-refractivity contribution in [1.29, 1.82) is 0 Å². The molecule has 128 valence electrons. The fourth-order valence-electron chi connectivity index (χ4n) is 3.18. The fourth-order valence-corrected chi connectivity index (χ4v) is 3.34. The lowest BCUT2D eigenvalue weighted by Gasteiger charge is -2.32. The van der Waals surface area contributed by atoms with E-state index in [1.54, 1.807) is 31.6 Å². The van der Waals surface area contributed by atoms with Gasteiger partial charge in [0.2, 0.25) is 0 Å². The van der Waals surface area contributed by atoms with Crippen LogP contribution in [-0.4, -0.2) is 45.8 Å². The summed E-state index contributed by atoms with van der Waals surface area (Å²) in [4.78, 5) is 14.6. The molecule has 0 saturated carbocycles. The molecule has 7 heteroatoms. The summed E-state index contributed by atoms with van der Waals surface area (Å²) in [6.45, 7) is 4.35.